The van der Waals surface area contributed by atoms with Crippen LogP contribution in [0.25, 0.3) is 0 Å². The molecule has 0 aromatic carbocycles. The van der Waals surface area contributed by atoms with E-state index in [1.165, 1.54) is 0 Å². The molecule has 1 amide bonds. The van der Waals surface area contributed by atoms with Gasteiger partial charge in [0.25, 0.3) is 0 Å². The molecule has 0 unspecified atom stereocenters. The highest BCUT2D eigenvalue weighted by atomic mass is 16.2. The number of nitriles is 1. The first kappa shape index (κ1) is 11.2. The monoisotopic (exact) mass is 206 g/mol. The van der Waals surface area contributed by atoms with Gasteiger partial charge in [0.05, 0.1) is 12.5 Å². The maximum absolute atomic E-state index is 11.5. The van der Waals surface area contributed by atoms with Crippen LogP contribution in [0.1, 0.15) is 12.8 Å². The number of amides is 1. The van der Waals surface area contributed by atoms with Crippen molar-refractivity contribution >= 4 is 5.91 Å². The van der Waals surface area contributed by atoms with Crippen molar-refractivity contribution in [1.29, 1.82) is 5.26 Å². The highest BCUT2D eigenvalue weighted by Crippen LogP contribution is 1.95. The summed E-state index contributed by atoms with van der Waals surface area (Å²) in [5.41, 5.74) is 0. The van der Waals surface area contributed by atoms with E-state index in [9.17, 15) is 4.79 Å². The van der Waals surface area contributed by atoms with Crippen LogP contribution < -0.4 is 0 Å². The fraction of sp³-hybridized carbons (Fsp3) is 0.500. The van der Waals surface area contributed by atoms with Gasteiger partial charge in [-0.3, -0.25) is 9.48 Å². The van der Waals surface area contributed by atoms with Gasteiger partial charge in [-0.2, -0.15) is 10.4 Å². The highest BCUT2D eigenvalue weighted by Gasteiger charge is 2.07. The van der Waals surface area contributed by atoms with Gasteiger partial charge < -0.3 is 4.90 Å². The normalized spacial score (nSPS) is 9.60. The third kappa shape index (κ3) is 3.81. The second-order valence-corrected chi connectivity index (χ2v) is 3.24. The lowest BCUT2D eigenvalue weighted by Gasteiger charge is -2.15. The lowest BCUT2D eigenvalue weighted by molar-refractivity contribution is -0.130. The van der Waals surface area contributed by atoms with E-state index in [0.29, 0.717) is 25.9 Å². The van der Waals surface area contributed by atoms with Gasteiger partial charge in [0.2, 0.25) is 5.91 Å². The summed E-state index contributed by atoms with van der Waals surface area (Å²) >= 11 is 0. The Morgan fingerprint density at radius 1 is 1.67 bits per heavy atom. The number of carbonyl (C=O) groups is 1. The number of aromatic nitrogens is 2. The Kier molecular flexibility index (Phi) is 4.35. The van der Waals surface area contributed by atoms with E-state index < -0.39 is 0 Å². The summed E-state index contributed by atoms with van der Waals surface area (Å²) in [6.07, 6.45) is 4.31. The van der Waals surface area contributed by atoms with E-state index in [0.717, 1.165) is 0 Å². The van der Waals surface area contributed by atoms with E-state index in [4.69, 9.17) is 5.26 Å². The number of carbonyl (C=O) groups excluding carboxylic acids is 1. The lowest BCUT2D eigenvalue weighted by Crippen LogP contribution is -2.28. The Balaban J connectivity index is 2.27. The zero-order chi connectivity index (χ0) is 11.1. The molecule has 0 aliphatic rings. The third-order valence-corrected chi connectivity index (χ3v) is 2.10. The highest BCUT2D eigenvalue weighted by molar-refractivity contribution is 5.75. The predicted molar refractivity (Wildman–Crippen MR) is 54.7 cm³/mol. The molecule has 0 spiro atoms. The maximum atomic E-state index is 11.5. The Bertz CT molecular complexity index is 339. The fourth-order valence-corrected chi connectivity index (χ4v) is 1.18. The minimum absolute atomic E-state index is 0.0424. The van der Waals surface area contributed by atoms with Crippen LogP contribution in [0.5, 0.6) is 0 Å². The topological polar surface area (TPSA) is 61.9 Å². The molecule has 0 N–H and O–H groups in total. The molecule has 0 fully saturated rings. The van der Waals surface area contributed by atoms with Crippen LogP contribution in [0.2, 0.25) is 0 Å². The Morgan fingerprint density at radius 3 is 3.07 bits per heavy atom. The van der Waals surface area contributed by atoms with Crippen LogP contribution in [-0.2, 0) is 11.3 Å². The van der Waals surface area contributed by atoms with Crippen molar-refractivity contribution in [3.05, 3.63) is 18.5 Å². The molecule has 1 heterocycles. The van der Waals surface area contributed by atoms with Crippen molar-refractivity contribution in [2.45, 2.75) is 19.4 Å². The maximum Gasteiger partial charge on any atom is 0.224 e. The minimum atomic E-state index is 0.0424. The second kappa shape index (κ2) is 5.81. The largest absolute Gasteiger partial charge is 0.345 e. The molecule has 0 saturated carbocycles. The van der Waals surface area contributed by atoms with Gasteiger partial charge in [0.1, 0.15) is 0 Å². The van der Waals surface area contributed by atoms with Gasteiger partial charge in [-0.25, -0.2) is 0 Å². The molecule has 1 rings (SSSR count). The molecule has 1 aromatic heterocycles. The Morgan fingerprint density at radius 2 is 2.47 bits per heavy atom. The van der Waals surface area contributed by atoms with Crippen LogP contribution >= 0.6 is 0 Å². The van der Waals surface area contributed by atoms with Crippen LogP contribution in [-0.4, -0.2) is 34.2 Å². The molecule has 1 aromatic rings. The van der Waals surface area contributed by atoms with E-state index in [2.05, 4.69) is 5.10 Å². The van der Waals surface area contributed by atoms with Gasteiger partial charge in [0, 0.05) is 39.0 Å². The minimum Gasteiger partial charge on any atom is -0.345 e. The van der Waals surface area contributed by atoms with Gasteiger partial charge in [0.15, 0.2) is 0 Å². The number of nitrogens with zero attached hydrogens (tertiary/aromatic N) is 4. The molecule has 15 heavy (non-hydrogen) atoms. The van der Waals surface area contributed by atoms with E-state index in [1.807, 2.05) is 18.3 Å². The van der Waals surface area contributed by atoms with E-state index in [1.54, 1.807) is 22.8 Å². The van der Waals surface area contributed by atoms with Gasteiger partial charge in [-0.15, -0.1) is 0 Å². The molecule has 0 saturated heterocycles. The summed E-state index contributed by atoms with van der Waals surface area (Å²) in [6, 6.07) is 3.83. The van der Waals surface area contributed by atoms with Crippen molar-refractivity contribution < 1.29 is 4.79 Å². The predicted octanol–water partition coefficient (Wildman–Crippen LogP) is 0.645. The summed E-state index contributed by atoms with van der Waals surface area (Å²) in [7, 11) is 1.71. The summed E-state index contributed by atoms with van der Waals surface area (Å²) in [4.78, 5) is 13.1. The van der Waals surface area contributed by atoms with Crippen LogP contribution in [0.4, 0.5) is 0 Å². The molecular formula is C10H14N4O. The second-order valence-electron chi connectivity index (χ2n) is 3.24. The first-order valence-corrected chi connectivity index (χ1v) is 4.82. The molecule has 0 aliphatic heterocycles. The van der Waals surface area contributed by atoms with Crippen LogP contribution in [0.3, 0.4) is 0 Å². The summed E-state index contributed by atoms with van der Waals surface area (Å²) in [5.74, 6) is 0.0424. The summed E-state index contributed by atoms with van der Waals surface area (Å²) in [6.45, 7) is 1.08. The number of hydrogen-bond acceptors (Lipinski definition) is 3. The molecule has 5 heteroatoms. The molecule has 0 atom stereocenters. The van der Waals surface area contributed by atoms with Gasteiger partial charge in [-0.1, -0.05) is 0 Å². The quantitative estimate of drug-likeness (QED) is 0.710. The number of aryl methyl sites for hydroxylation is 1. The SMILES string of the molecule is CN(CCC#N)C(=O)CCn1cccn1. The molecule has 5 nitrogen and oxygen atoms in total. The van der Waals surface area contributed by atoms with Gasteiger partial charge >= 0.3 is 0 Å². The third-order valence-electron chi connectivity index (χ3n) is 2.10. The van der Waals surface area contributed by atoms with Crippen molar-refractivity contribution in [1.82, 2.24) is 14.7 Å². The zero-order valence-corrected chi connectivity index (χ0v) is 8.76. The van der Waals surface area contributed by atoms with Crippen molar-refractivity contribution in [3.63, 3.8) is 0 Å². The average molecular weight is 206 g/mol. The van der Waals surface area contributed by atoms with Crippen LogP contribution in [0.15, 0.2) is 18.5 Å². The molecule has 0 bridgehead atoms. The van der Waals surface area contributed by atoms with Crippen molar-refractivity contribution in [2.24, 2.45) is 0 Å². The van der Waals surface area contributed by atoms with Crippen molar-refractivity contribution in [2.75, 3.05) is 13.6 Å². The summed E-state index contributed by atoms with van der Waals surface area (Å²) in [5, 5.41) is 12.4. The lowest BCUT2D eigenvalue weighted by atomic mass is 10.3. The smallest absolute Gasteiger partial charge is 0.224 e. The number of rotatable bonds is 5. The Labute approximate surface area is 88.9 Å². The summed E-state index contributed by atoms with van der Waals surface area (Å²) < 4.78 is 1.72. The fourth-order valence-electron chi connectivity index (χ4n) is 1.18. The number of hydrogen-bond donors (Lipinski definition) is 0. The zero-order valence-electron chi connectivity index (χ0n) is 8.76. The molecule has 80 valence electrons. The van der Waals surface area contributed by atoms with E-state index in [-0.39, 0.29) is 5.91 Å². The average Bonchev–Trinajstić information content (AvgIpc) is 2.75. The Hall–Kier alpha value is -1.83. The molecular weight excluding hydrogens is 192 g/mol. The van der Waals surface area contributed by atoms with Gasteiger partial charge in [-0.05, 0) is 6.07 Å². The standard InChI is InChI=1S/C10H14N4O/c1-13(7-2-5-11)10(15)4-9-14-8-3-6-12-14/h3,6,8H,2,4,7,9H2,1H3. The van der Waals surface area contributed by atoms with Crippen molar-refractivity contribution in [3.8, 4) is 6.07 Å². The first-order valence-electron chi connectivity index (χ1n) is 4.82. The first-order chi connectivity index (χ1) is 7.24. The van der Waals surface area contributed by atoms with E-state index >= 15 is 0 Å². The molecule has 0 aliphatic carbocycles. The van der Waals surface area contributed by atoms with Crippen LogP contribution in [0, 0.1) is 11.3 Å². The molecule has 0 radical (unpaired) electrons.